The molecule has 1 saturated carbocycles. The lowest BCUT2D eigenvalue weighted by molar-refractivity contribution is 0.0890. The first-order valence-electron chi connectivity index (χ1n) is 9.55. The molecule has 3 nitrogen and oxygen atoms in total. The Morgan fingerprint density at radius 1 is 0.857 bits per heavy atom. The second kappa shape index (κ2) is 7.94. The highest BCUT2D eigenvalue weighted by Gasteiger charge is 2.29. The van der Waals surface area contributed by atoms with Crippen molar-refractivity contribution in [2.45, 2.75) is 70.4 Å². The molecule has 3 fully saturated rings. The van der Waals surface area contributed by atoms with Crippen molar-refractivity contribution in [1.29, 1.82) is 0 Å². The predicted octanol–water partition coefficient (Wildman–Crippen LogP) is 2.71. The first-order valence-corrected chi connectivity index (χ1v) is 9.55. The average Bonchev–Trinajstić information content (AvgIpc) is 3.02. The third kappa shape index (κ3) is 4.43. The van der Waals surface area contributed by atoms with Crippen LogP contribution in [0.25, 0.3) is 0 Å². The number of piperidine rings is 1. The lowest BCUT2D eigenvalue weighted by Crippen LogP contribution is -2.46. The molecular weight excluding hydrogens is 258 g/mol. The zero-order valence-electron chi connectivity index (χ0n) is 14.0. The molecule has 0 aromatic carbocycles. The number of nitrogens with zero attached hydrogens (tertiary/aromatic N) is 2. The number of hydrogen-bond donors (Lipinski definition) is 1. The van der Waals surface area contributed by atoms with Crippen LogP contribution in [0.2, 0.25) is 0 Å². The first kappa shape index (κ1) is 15.8. The summed E-state index contributed by atoms with van der Waals surface area (Å²) in [6, 6.07) is 1.70. The van der Waals surface area contributed by atoms with Crippen molar-refractivity contribution in [2.75, 3.05) is 39.3 Å². The van der Waals surface area contributed by atoms with Crippen LogP contribution in [0, 0.1) is 5.92 Å². The third-order valence-corrected chi connectivity index (χ3v) is 6.07. The highest BCUT2D eigenvalue weighted by atomic mass is 15.2. The van der Waals surface area contributed by atoms with E-state index in [4.69, 9.17) is 0 Å². The van der Waals surface area contributed by atoms with E-state index in [-0.39, 0.29) is 0 Å². The van der Waals surface area contributed by atoms with E-state index in [1.54, 1.807) is 0 Å². The lowest BCUT2D eigenvalue weighted by atomic mass is 9.87. The number of likely N-dealkylation sites (tertiary alicyclic amines) is 2. The zero-order valence-corrected chi connectivity index (χ0v) is 14.0. The Bertz CT molecular complexity index is 285. The van der Waals surface area contributed by atoms with Gasteiger partial charge in [0.05, 0.1) is 0 Å². The Kier molecular flexibility index (Phi) is 5.96. The molecule has 2 saturated heterocycles. The monoisotopic (exact) mass is 293 g/mol. The molecule has 0 amide bonds. The van der Waals surface area contributed by atoms with Crippen molar-refractivity contribution < 1.29 is 0 Å². The second-order valence-corrected chi connectivity index (χ2v) is 7.55. The number of nitrogens with one attached hydrogen (secondary N) is 1. The van der Waals surface area contributed by atoms with Crippen molar-refractivity contribution in [2.24, 2.45) is 5.92 Å². The molecule has 2 heterocycles. The summed E-state index contributed by atoms with van der Waals surface area (Å²) in [7, 11) is 0. The van der Waals surface area contributed by atoms with Gasteiger partial charge >= 0.3 is 0 Å². The molecule has 0 unspecified atom stereocenters. The molecule has 122 valence electrons. The summed E-state index contributed by atoms with van der Waals surface area (Å²) in [5.41, 5.74) is 0. The van der Waals surface area contributed by atoms with Crippen LogP contribution in [0.5, 0.6) is 0 Å². The molecule has 0 aromatic rings. The molecule has 3 aliphatic rings. The summed E-state index contributed by atoms with van der Waals surface area (Å²) < 4.78 is 0. The van der Waals surface area contributed by atoms with Crippen LogP contribution in [0.3, 0.4) is 0 Å². The van der Waals surface area contributed by atoms with Gasteiger partial charge in [-0.05, 0) is 90.0 Å². The van der Waals surface area contributed by atoms with E-state index >= 15 is 0 Å². The zero-order chi connectivity index (χ0) is 14.5. The summed E-state index contributed by atoms with van der Waals surface area (Å²) in [6.45, 7) is 10.2. The van der Waals surface area contributed by atoms with Crippen LogP contribution in [0.4, 0.5) is 0 Å². The van der Waals surface area contributed by atoms with E-state index in [1.165, 1.54) is 84.1 Å². The van der Waals surface area contributed by atoms with Gasteiger partial charge in [0.1, 0.15) is 0 Å². The van der Waals surface area contributed by atoms with Crippen molar-refractivity contribution in [3.05, 3.63) is 0 Å². The summed E-state index contributed by atoms with van der Waals surface area (Å²) >= 11 is 0. The Labute approximate surface area is 131 Å². The van der Waals surface area contributed by atoms with E-state index in [1.807, 2.05) is 0 Å². The number of hydrogen-bond acceptors (Lipinski definition) is 3. The molecule has 0 spiro atoms. The lowest BCUT2D eigenvalue weighted by Gasteiger charge is -2.41. The molecule has 1 N–H and O–H groups in total. The fourth-order valence-electron chi connectivity index (χ4n) is 4.76. The second-order valence-electron chi connectivity index (χ2n) is 7.55. The summed E-state index contributed by atoms with van der Waals surface area (Å²) in [5, 5.41) is 3.63. The molecule has 3 heteroatoms. The van der Waals surface area contributed by atoms with E-state index < -0.39 is 0 Å². The average molecular weight is 293 g/mol. The van der Waals surface area contributed by atoms with Gasteiger partial charge in [-0.25, -0.2) is 0 Å². The van der Waals surface area contributed by atoms with Gasteiger partial charge in [-0.15, -0.1) is 0 Å². The third-order valence-electron chi connectivity index (χ3n) is 6.07. The summed E-state index contributed by atoms with van der Waals surface area (Å²) in [5.74, 6) is 0.984. The van der Waals surface area contributed by atoms with Crippen LogP contribution in [-0.4, -0.2) is 61.2 Å². The molecule has 1 aliphatic carbocycles. The van der Waals surface area contributed by atoms with Crippen LogP contribution >= 0.6 is 0 Å². The molecule has 0 atom stereocenters. The largest absolute Gasteiger partial charge is 0.314 e. The van der Waals surface area contributed by atoms with E-state index in [2.05, 4.69) is 22.0 Å². The first-order chi connectivity index (χ1) is 10.3. The summed E-state index contributed by atoms with van der Waals surface area (Å²) in [4.78, 5) is 5.53. The van der Waals surface area contributed by atoms with Gasteiger partial charge in [-0.1, -0.05) is 6.92 Å². The Balaban J connectivity index is 1.35. The Hall–Kier alpha value is -0.120. The van der Waals surface area contributed by atoms with Crippen LogP contribution in [-0.2, 0) is 0 Å². The van der Waals surface area contributed by atoms with E-state index in [0.717, 1.165) is 24.5 Å². The van der Waals surface area contributed by atoms with E-state index in [0.29, 0.717) is 0 Å². The molecule has 2 aliphatic heterocycles. The molecular formula is C18H35N3. The summed E-state index contributed by atoms with van der Waals surface area (Å²) in [6.07, 6.45) is 11.4. The topological polar surface area (TPSA) is 18.5 Å². The van der Waals surface area contributed by atoms with Crippen molar-refractivity contribution in [1.82, 2.24) is 15.1 Å². The van der Waals surface area contributed by atoms with Gasteiger partial charge in [0.15, 0.2) is 0 Å². The van der Waals surface area contributed by atoms with Gasteiger partial charge in [0, 0.05) is 18.6 Å². The minimum atomic E-state index is 0.805. The minimum absolute atomic E-state index is 0.805. The van der Waals surface area contributed by atoms with Gasteiger partial charge < -0.3 is 15.1 Å². The SMILES string of the molecule is CCNC1CCC(N2CCC(CN3CCCC3)CC2)CC1. The maximum absolute atomic E-state index is 3.63. The molecule has 0 bridgehead atoms. The van der Waals surface area contributed by atoms with Crippen molar-refractivity contribution in [3.63, 3.8) is 0 Å². The van der Waals surface area contributed by atoms with Gasteiger partial charge in [0.25, 0.3) is 0 Å². The molecule has 21 heavy (non-hydrogen) atoms. The quantitative estimate of drug-likeness (QED) is 0.841. The van der Waals surface area contributed by atoms with E-state index in [9.17, 15) is 0 Å². The molecule has 0 aromatic heterocycles. The molecule has 0 radical (unpaired) electrons. The van der Waals surface area contributed by atoms with Crippen LogP contribution < -0.4 is 5.32 Å². The highest BCUT2D eigenvalue weighted by molar-refractivity contribution is 4.86. The van der Waals surface area contributed by atoms with Gasteiger partial charge in [0.2, 0.25) is 0 Å². The Morgan fingerprint density at radius 3 is 2.14 bits per heavy atom. The van der Waals surface area contributed by atoms with Crippen molar-refractivity contribution in [3.8, 4) is 0 Å². The smallest absolute Gasteiger partial charge is 0.00964 e. The van der Waals surface area contributed by atoms with Crippen LogP contribution in [0.1, 0.15) is 58.3 Å². The van der Waals surface area contributed by atoms with Crippen LogP contribution in [0.15, 0.2) is 0 Å². The minimum Gasteiger partial charge on any atom is -0.314 e. The maximum atomic E-state index is 3.63. The molecule has 3 rings (SSSR count). The highest BCUT2D eigenvalue weighted by Crippen LogP contribution is 2.28. The maximum Gasteiger partial charge on any atom is 0.00964 e. The Morgan fingerprint density at radius 2 is 1.52 bits per heavy atom. The van der Waals surface area contributed by atoms with Crippen molar-refractivity contribution >= 4 is 0 Å². The number of rotatable bonds is 5. The predicted molar refractivity (Wildman–Crippen MR) is 89.7 cm³/mol. The normalized spacial score (nSPS) is 33.6. The fraction of sp³-hybridized carbons (Fsp3) is 1.00. The fourth-order valence-corrected chi connectivity index (χ4v) is 4.76. The van der Waals surface area contributed by atoms with Gasteiger partial charge in [-0.2, -0.15) is 0 Å². The van der Waals surface area contributed by atoms with Gasteiger partial charge in [-0.3, -0.25) is 0 Å². The standard InChI is InChI=1S/C18H35N3/c1-2-19-17-5-7-18(8-6-17)21-13-9-16(10-14-21)15-20-11-3-4-12-20/h16-19H,2-15H2,1H3.